The van der Waals surface area contributed by atoms with Gasteiger partial charge in [0, 0.05) is 29.7 Å². The second-order valence-corrected chi connectivity index (χ2v) is 7.10. The molecular weight excluding hydrogens is 338 g/mol. The van der Waals surface area contributed by atoms with Gasteiger partial charge in [-0.25, -0.2) is 4.79 Å². The summed E-state index contributed by atoms with van der Waals surface area (Å²) in [5.41, 5.74) is 10.6. The third-order valence-electron chi connectivity index (χ3n) is 5.30. The van der Waals surface area contributed by atoms with Crippen LogP contribution in [-0.4, -0.2) is 25.5 Å². The molecule has 0 bridgehead atoms. The normalized spacial score (nSPS) is 17.2. The van der Waals surface area contributed by atoms with Gasteiger partial charge in [0.15, 0.2) is 0 Å². The van der Waals surface area contributed by atoms with E-state index in [2.05, 4.69) is 16.0 Å². The number of anilines is 1. The van der Waals surface area contributed by atoms with Gasteiger partial charge < -0.3 is 15.1 Å². The molecule has 0 fully saturated rings. The van der Waals surface area contributed by atoms with Crippen molar-refractivity contribution in [2.24, 2.45) is 10.7 Å². The van der Waals surface area contributed by atoms with E-state index in [4.69, 9.17) is 10.2 Å². The first-order chi connectivity index (χ1) is 13.2. The van der Waals surface area contributed by atoms with Crippen LogP contribution in [0.25, 0.3) is 11.0 Å². The summed E-state index contributed by atoms with van der Waals surface area (Å²) in [7, 11) is 0. The molecule has 4 rings (SSSR count). The van der Waals surface area contributed by atoms with Crippen LogP contribution >= 0.6 is 0 Å². The summed E-state index contributed by atoms with van der Waals surface area (Å²) in [5.74, 6) is 0.226. The molecule has 0 aliphatic carbocycles. The molecular formula is C22H25N3O2. The highest BCUT2D eigenvalue weighted by molar-refractivity contribution is 6.00. The Morgan fingerprint density at radius 3 is 2.89 bits per heavy atom. The van der Waals surface area contributed by atoms with Crippen molar-refractivity contribution in [3.63, 3.8) is 0 Å². The topological polar surface area (TPSA) is 71.8 Å². The molecule has 0 saturated heterocycles. The number of nitrogens with two attached hydrogens (primary N) is 1. The van der Waals surface area contributed by atoms with Crippen LogP contribution in [-0.2, 0) is 12.8 Å². The highest BCUT2D eigenvalue weighted by atomic mass is 16.4. The van der Waals surface area contributed by atoms with Gasteiger partial charge in [0.2, 0.25) is 0 Å². The standard InChI is InChI=1S/C22H25N3O2/c1-2-3-4-5-10-24-21(23)18-14-16-13-15-8-6-11-25-12-7-9-17(19(15)25)20(16)27-22(18)26/h2-5,13-14H,6-12H2,1H3,(H2,23,24)/b3-2-,5-4-. The number of hydrogen-bond donors (Lipinski definition) is 1. The van der Waals surface area contributed by atoms with Crippen molar-refractivity contribution in [3.8, 4) is 0 Å². The highest BCUT2D eigenvalue weighted by Crippen LogP contribution is 2.39. The summed E-state index contributed by atoms with van der Waals surface area (Å²) >= 11 is 0. The number of hydrogen-bond acceptors (Lipinski definition) is 4. The molecule has 5 nitrogen and oxygen atoms in total. The fourth-order valence-corrected chi connectivity index (χ4v) is 4.11. The van der Waals surface area contributed by atoms with Gasteiger partial charge in [-0.1, -0.05) is 24.3 Å². The molecule has 0 saturated carbocycles. The number of amidine groups is 1. The van der Waals surface area contributed by atoms with Crippen molar-refractivity contribution in [1.82, 2.24) is 0 Å². The van der Waals surface area contributed by atoms with Gasteiger partial charge in [-0.15, -0.1) is 0 Å². The summed E-state index contributed by atoms with van der Waals surface area (Å²) in [6, 6.07) is 4.01. The third-order valence-corrected chi connectivity index (χ3v) is 5.30. The van der Waals surface area contributed by atoms with E-state index in [0.29, 0.717) is 12.1 Å². The van der Waals surface area contributed by atoms with Crippen LogP contribution in [0.1, 0.15) is 36.5 Å². The minimum absolute atomic E-state index is 0.226. The molecule has 140 valence electrons. The summed E-state index contributed by atoms with van der Waals surface area (Å²) in [6.45, 7) is 4.56. The Morgan fingerprint density at radius 2 is 2.07 bits per heavy atom. The van der Waals surface area contributed by atoms with Gasteiger partial charge in [-0.05, 0) is 50.3 Å². The molecule has 1 aromatic carbocycles. The number of nitrogens with zero attached hydrogens (tertiary/aromatic N) is 2. The lowest BCUT2D eigenvalue weighted by atomic mass is 9.90. The molecule has 2 aromatic rings. The maximum absolute atomic E-state index is 12.6. The minimum Gasteiger partial charge on any atom is -0.422 e. The first-order valence-corrected chi connectivity index (χ1v) is 9.64. The van der Waals surface area contributed by atoms with E-state index in [-0.39, 0.29) is 5.84 Å². The largest absolute Gasteiger partial charge is 0.422 e. The molecule has 3 heterocycles. The zero-order valence-electron chi connectivity index (χ0n) is 15.7. The summed E-state index contributed by atoms with van der Waals surface area (Å²) in [5, 5.41) is 0.949. The van der Waals surface area contributed by atoms with Crippen molar-refractivity contribution in [2.75, 3.05) is 24.5 Å². The Hall–Kier alpha value is -2.82. The van der Waals surface area contributed by atoms with E-state index in [1.165, 1.54) is 23.2 Å². The van der Waals surface area contributed by atoms with Crippen LogP contribution in [0.2, 0.25) is 0 Å². The monoisotopic (exact) mass is 363 g/mol. The van der Waals surface area contributed by atoms with Crippen molar-refractivity contribution < 1.29 is 4.42 Å². The molecule has 2 aliphatic heterocycles. The maximum Gasteiger partial charge on any atom is 0.347 e. The van der Waals surface area contributed by atoms with Crippen molar-refractivity contribution in [3.05, 3.63) is 63.5 Å². The lowest BCUT2D eigenvalue weighted by Gasteiger charge is -2.37. The summed E-state index contributed by atoms with van der Waals surface area (Å²) in [4.78, 5) is 19.3. The number of allylic oxidation sites excluding steroid dienone is 3. The summed E-state index contributed by atoms with van der Waals surface area (Å²) < 4.78 is 5.76. The molecule has 2 aliphatic rings. The molecule has 2 N–H and O–H groups in total. The lowest BCUT2D eigenvalue weighted by Crippen LogP contribution is -2.34. The Labute approximate surface area is 158 Å². The second-order valence-electron chi connectivity index (χ2n) is 7.10. The smallest absolute Gasteiger partial charge is 0.347 e. The Kier molecular flexibility index (Phi) is 4.84. The molecule has 5 heteroatoms. The van der Waals surface area contributed by atoms with E-state index < -0.39 is 5.63 Å². The average Bonchev–Trinajstić information content (AvgIpc) is 2.68. The minimum atomic E-state index is -0.412. The number of aryl methyl sites for hydroxylation is 2. The second kappa shape index (κ2) is 7.43. The van der Waals surface area contributed by atoms with E-state index >= 15 is 0 Å². The van der Waals surface area contributed by atoms with Crippen LogP contribution < -0.4 is 16.3 Å². The van der Waals surface area contributed by atoms with Crippen molar-refractivity contribution in [1.29, 1.82) is 0 Å². The van der Waals surface area contributed by atoms with Gasteiger partial charge in [0.05, 0.1) is 6.54 Å². The molecule has 0 amide bonds. The van der Waals surface area contributed by atoms with Gasteiger partial charge in [0.1, 0.15) is 17.0 Å². The third kappa shape index (κ3) is 3.29. The Morgan fingerprint density at radius 1 is 1.26 bits per heavy atom. The quantitative estimate of drug-likeness (QED) is 0.391. The summed E-state index contributed by atoms with van der Waals surface area (Å²) in [6.07, 6.45) is 12.0. The molecule has 0 spiro atoms. The Balaban J connectivity index is 1.77. The lowest BCUT2D eigenvalue weighted by molar-refractivity contribution is 0.548. The van der Waals surface area contributed by atoms with E-state index in [1.807, 2.05) is 37.3 Å². The maximum atomic E-state index is 12.6. The number of rotatable bonds is 4. The fraction of sp³-hybridized carbons (Fsp3) is 0.364. The van der Waals surface area contributed by atoms with Gasteiger partial charge >= 0.3 is 5.63 Å². The van der Waals surface area contributed by atoms with Crippen LogP contribution in [0.4, 0.5) is 5.69 Å². The predicted octanol–water partition coefficient (Wildman–Crippen LogP) is 3.33. The molecule has 0 radical (unpaired) electrons. The molecule has 0 unspecified atom stereocenters. The first-order valence-electron chi connectivity index (χ1n) is 9.64. The van der Waals surface area contributed by atoms with E-state index in [1.54, 1.807) is 0 Å². The van der Waals surface area contributed by atoms with E-state index in [0.717, 1.165) is 43.3 Å². The van der Waals surface area contributed by atoms with E-state index in [9.17, 15) is 4.79 Å². The van der Waals surface area contributed by atoms with Gasteiger partial charge in [-0.3, -0.25) is 4.99 Å². The number of benzene rings is 1. The van der Waals surface area contributed by atoms with Crippen molar-refractivity contribution in [2.45, 2.75) is 32.6 Å². The molecule has 1 aromatic heterocycles. The van der Waals surface area contributed by atoms with Crippen LogP contribution in [0.3, 0.4) is 0 Å². The van der Waals surface area contributed by atoms with Gasteiger partial charge in [0.25, 0.3) is 0 Å². The molecule has 27 heavy (non-hydrogen) atoms. The van der Waals surface area contributed by atoms with Crippen LogP contribution in [0, 0.1) is 0 Å². The van der Waals surface area contributed by atoms with Crippen molar-refractivity contribution >= 4 is 22.5 Å². The van der Waals surface area contributed by atoms with Gasteiger partial charge in [-0.2, -0.15) is 0 Å². The van der Waals surface area contributed by atoms with Crippen LogP contribution in [0.15, 0.2) is 50.6 Å². The predicted molar refractivity (Wildman–Crippen MR) is 111 cm³/mol. The highest BCUT2D eigenvalue weighted by Gasteiger charge is 2.27. The zero-order chi connectivity index (χ0) is 18.8. The number of aliphatic imine (C=N–C) groups is 1. The Bertz CT molecular complexity index is 1010. The first kappa shape index (κ1) is 17.6. The van der Waals surface area contributed by atoms with Crippen LogP contribution in [0.5, 0.6) is 0 Å². The number of fused-ring (bicyclic) bond motifs is 2. The fourth-order valence-electron chi connectivity index (χ4n) is 4.11. The SMILES string of the molecule is C/C=C\C=C/CN=C(N)c1cc2cc3c4c(c2oc1=O)CCCN4CCC3. The zero-order valence-corrected chi connectivity index (χ0v) is 15.7. The molecule has 0 atom stereocenters. The average molecular weight is 363 g/mol.